The van der Waals surface area contributed by atoms with Crippen LogP contribution in [-0.4, -0.2) is 28.0 Å². The van der Waals surface area contributed by atoms with Gasteiger partial charge in [-0.3, -0.25) is 4.79 Å². The van der Waals surface area contributed by atoms with Crippen LogP contribution in [0.4, 0.5) is 5.00 Å². The topological polar surface area (TPSA) is 66.4 Å². The molecule has 1 fully saturated rings. The zero-order valence-corrected chi connectivity index (χ0v) is 12.6. The van der Waals surface area contributed by atoms with Gasteiger partial charge in [0.25, 0.3) is 0 Å². The molecule has 1 saturated heterocycles. The molecule has 4 nitrogen and oxygen atoms in total. The van der Waals surface area contributed by atoms with E-state index >= 15 is 0 Å². The lowest BCUT2D eigenvalue weighted by atomic mass is 10.1. The maximum absolute atomic E-state index is 12.1. The Labute approximate surface area is 120 Å². The summed E-state index contributed by atoms with van der Waals surface area (Å²) in [4.78, 5) is 24.3. The molecule has 0 aliphatic carbocycles. The number of anilines is 1. The Morgan fingerprint density at radius 3 is 2.63 bits per heavy atom. The van der Waals surface area contributed by atoms with Crippen molar-refractivity contribution in [1.82, 2.24) is 0 Å². The molecule has 104 valence electrons. The largest absolute Gasteiger partial charge is 0.478 e. The first-order valence-electron chi connectivity index (χ1n) is 6.26. The lowest BCUT2D eigenvalue weighted by Crippen LogP contribution is -2.27. The van der Waals surface area contributed by atoms with Gasteiger partial charge in [-0.2, -0.15) is 0 Å². The van der Waals surface area contributed by atoms with E-state index in [9.17, 15) is 14.7 Å². The van der Waals surface area contributed by atoms with Gasteiger partial charge < -0.3 is 10.4 Å². The predicted molar refractivity (Wildman–Crippen MR) is 79.5 cm³/mol. The Hall–Kier alpha value is -1.01. The van der Waals surface area contributed by atoms with Crippen molar-refractivity contribution >= 4 is 40.0 Å². The summed E-state index contributed by atoms with van der Waals surface area (Å²) >= 11 is 3.00. The first-order chi connectivity index (χ1) is 9.00. The van der Waals surface area contributed by atoms with Gasteiger partial charge in [0, 0.05) is 4.88 Å². The molecule has 0 saturated carbocycles. The second-order valence-corrected chi connectivity index (χ2v) is 7.17. The highest BCUT2D eigenvalue weighted by atomic mass is 32.2. The van der Waals surface area contributed by atoms with Crippen LogP contribution < -0.4 is 5.32 Å². The normalized spacial score (nSPS) is 19.2. The van der Waals surface area contributed by atoms with E-state index in [1.165, 1.54) is 11.3 Å². The molecule has 19 heavy (non-hydrogen) atoms. The van der Waals surface area contributed by atoms with Crippen molar-refractivity contribution in [3.05, 3.63) is 16.0 Å². The number of carboxylic acids is 1. The number of thiophene rings is 1. The molecule has 1 aromatic heterocycles. The minimum absolute atomic E-state index is 0.0434. The molecular formula is C13H17NO3S2. The number of rotatable bonds is 3. The van der Waals surface area contributed by atoms with Crippen molar-refractivity contribution in [1.29, 1.82) is 0 Å². The summed E-state index contributed by atoms with van der Waals surface area (Å²) in [7, 11) is 0. The highest BCUT2D eigenvalue weighted by Gasteiger charge is 2.25. The molecule has 1 aromatic rings. The van der Waals surface area contributed by atoms with Crippen molar-refractivity contribution < 1.29 is 14.7 Å². The van der Waals surface area contributed by atoms with Crippen LogP contribution in [0, 0.1) is 13.8 Å². The van der Waals surface area contributed by atoms with Crippen LogP contribution in [0.15, 0.2) is 0 Å². The van der Waals surface area contributed by atoms with Gasteiger partial charge in [-0.25, -0.2) is 4.79 Å². The van der Waals surface area contributed by atoms with Gasteiger partial charge in [0.1, 0.15) is 5.00 Å². The SMILES string of the molecule is Cc1sc(NC(=O)C2CCCCS2)c(C(=O)O)c1C. The second-order valence-electron chi connectivity index (χ2n) is 4.64. The van der Waals surface area contributed by atoms with Crippen molar-refractivity contribution in [3.8, 4) is 0 Å². The number of hydrogen-bond acceptors (Lipinski definition) is 4. The average Bonchev–Trinajstić information content (AvgIpc) is 2.65. The molecule has 0 aromatic carbocycles. The first kappa shape index (κ1) is 14.4. The van der Waals surface area contributed by atoms with Gasteiger partial charge >= 0.3 is 5.97 Å². The van der Waals surface area contributed by atoms with E-state index in [0.717, 1.165) is 35.5 Å². The lowest BCUT2D eigenvalue weighted by Gasteiger charge is -2.20. The lowest BCUT2D eigenvalue weighted by molar-refractivity contribution is -0.115. The summed E-state index contributed by atoms with van der Waals surface area (Å²) in [5, 5.41) is 12.5. The zero-order valence-electron chi connectivity index (χ0n) is 11.0. The second kappa shape index (κ2) is 5.96. The van der Waals surface area contributed by atoms with Crippen molar-refractivity contribution in [2.75, 3.05) is 11.1 Å². The van der Waals surface area contributed by atoms with E-state index in [4.69, 9.17) is 0 Å². The van der Waals surface area contributed by atoms with Crippen molar-refractivity contribution in [2.24, 2.45) is 0 Å². The molecule has 1 aliphatic heterocycles. The third-order valence-corrected chi connectivity index (χ3v) is 5.81. The van der Waals surface area contributed by atoms with Gasteiger partial charge in [-0.1, -0.05) is 6.42 Å². The summed E-state index contributed by atoms with van der Waals surface area (Å²) < 4.78 is 0. The van der Waals surface area contributed by atoms with Crippen molar-refractivity contribution in [2.45, 2.75) is 38.4 Å². The number of carbonyl (C=O) groups excluding carboxylic acids is 1. The van der Waals surface area contributed by atoms with Crippen LogP contribution in [0.1, 0.15) is 40.1 Å². The molecule has 1 amide bonds. The number of hydrogen-bond donors (Lipinski definition) is 2. The number of amides is 1. The van der Waals surface area contributed by atoms with Gasteiger partial charge in [0.05, 0.1) is 10.8 Å². The molecule has 1 unspecified atom stereocenters. The maximum atomic E-state index is 12.1. The molecule has 2 N–H and O–H groups in total. The standard InChI is InChI=1S/C13H17NO3S2/c1-7-8(2)19-12(10(7)13(16)17)14-11(15)9-5-3-4-6-18-9/h9H,3-6H2,1-2H3,(H,14,15)(H,16,17). The van der Waals surface area contributed by atoms with E-state index in [1.807, 2.05) is 6.92 Å². The molecule has 2 heterocycles. The third kappa shape index (κ3) is 3.12. The van der Waals surface area contributed by atoms with Crippen LogP contribution >= 0.6 is 23.1 Å². The fraction of sp³-hybridized carbons (Fsp3) is 0.538. The monoisotopic (exact) mass is 299 g/mol. The summed E-state index contributed by atoms with van der Waals surface area (Å²) in [6.45, 7) is 3.65. The molecule has 2 rings (SSSR count). The number of thioether (sulfide) groups is 1. The molecule has 0 bridgehead atoms. The summed E-state index contributed by atoms with van der Waals surface area (Å²) in [6, 6.07) is 0. The number of aryl methyl sites for hydroxylation is 1. The molecule has 6 heteroatoms. The van der Waals surface area contributed by atoms with E-state index in [0.29, 0.717) is 5.00 Å². The Kier molecular flexibility index (Phi) is 4.52. The maximum Gasteiger partial charge on any atom is 0.338 e. The van der Waals surface area contributed by atoms with E-state index < -0.39 is 5.97 Å². The smallest absolute Gasteiger partial charge is 0.338 e. The first-order valence-corrected chi connectivity index (χ1v) is 8.13. The van der Waals surface area contributed by atoms with Crippen LogP contribution in [0.5, 0.6) is 0 Å². The molecule has 0 spiro atoms. The van der Waals surface area contributed by atoms with Gasteiger partial charge in [0.2, 0.25) is 5.91 Å². The van der Waals surface area contributed by atoms with E-state index in [1.54, 1.807) is 18.7 Å². The Balaban J connectivity index is 2.16. The van der Waals surface area contributed by atoms with Crippen LogP contribution in [0.25, 0.3) is 0 Å². The molecule has 1 atom stereocenters. The van der Waals surface area contributed by atoms with Gasteiger partial charge in [-0.15, -0.1) is 23.1 Å². The average molecular weight is 299 g/mol. The number of carbonyl (C=O) groups is 2. The van der Waals surface area contributed by atoms with Crippen LogP contribution in [0.3, 0.4) is 0 Å². The number of aromatic carboxylic acids is 1. The molecular weight excluding hydrogens is 282 g/mol. The van der Waals surface area contributed by atoms with Crippen molar-refractivity contribution in [3.63, 3.8) is 0 Å². The van der Waals surface area contributed by atoms with E-state index in [-0.39, 0.29) is 16.7 Å². The summed E-state index contributed by atoms with van der Waals surface area (Å²) in [5.74, 6) is -0.0336. The molecule has 0 radical (unpaired) electrons. The Bertz CT molecular complexity index is 504. The minimum atomic E-state index is -0.978. The van der Waals surface area contributed by atoms with E-state index in [2.05, 4.69) is 5.32 Å². The number of nitrogens with one attached hydrogen (secondary N) is 1. The fourth-order valence-corrected chi connectivity index (χ4v) is 4.37. The minimum Gasteiger partial charge on any atom is -0.478 e. The highest BCUT2D eigenvalue weighted by molar-refractivity contribution is 8.00. The fourth-order valence-electron chi connectivity index (χ4n) is 2.11. The molecule has 1 aliphatic rings. The van der Waals surface area contributed by atoms with Crippen LogP contribution in [-0.2, 0) is 4.79 Å². The summed E-state index contributed by atoms with van der Waals surface area (Å²) in [6.07, 6.45) is 3.10. The number of carboxylic acid groups (broad SMARTS) is 1. The predicted octanol–water partition coefficient (Wildman–Crippen LogP) is 3.29. The zero-order chi connectivity index (χ0) is 14.0. The highest BCUT2D eigenvalue weighted by Crippen LogP contribution is 2.34. The van der Waals surface area contributed by atoms with Gasteiger partial charge in [-0.05, 0) is 38.0 Å². The Morgan fingerprint density at radius 2 is 2.05 bits per heavy atom. The van der Waals surface area contributed by atoms with Crippen LogP contribution in [0.2, 0.25) is 0 Å². The Morgan fingerprint density at radius 1 is 1.32 bits per heavy atom. The quantitative estimate of drug-likeness (QED) is 0.899. The third-order valence-electron chi connectivity index (χ3n) is 3.31. The van der Waals surface area contributed by atoms with Gasteiger partial charge in [0.15, 0.2) is 0 Å². The summed E-state index contributed by atoms with van der Waals surface area (Å²) in [5.41, 5.74) is 0.973.